The zero-order valence-electron chi connectivity index (χ0n) is 15.3. The van der Waals surface area contributed by atoms with E-state index in [1.165, 1.54) is 16.7 Å². The lowest BCUT2D eigenvalue weighted by Gasteiger charge is -2.14. The Morgan fingerprint density at radius 2 is 2.07 bits per heavy atom. The van der Waals surface area contributed by atoms with Crippen molar-refractivity contribution in [3.8, 4) is 35.3 Å². The first-order chi connectivity index (χ1) is 14.1. The topological polar surface area (TPSA) is 57.2 Å². The Labute approximate surface area is 177 Å². The van der Waals surface area contributed by atoms with E-state index in [4.69, 9.17) is 37.6 Å². The molecule has 146 valence electrons. The molecule has 0 N–H and O–H groups in total. The summed E-state index contributed by atoms with van der Waals surface area (Å²) in [6.07, 6.45) is 6.99. The number of thiocarbonyl (C=S) groups is 1. The van der Waals surface area contributed by atoms with Gasteiger partial charge in [-0.15, -0.1) is 6.42 Å². The average Bonchev–Trinajstić information content (AvgIpc) is 3.30. The summed E-state index contributed by atoms with van der Waals surface area (Å²) in [7, 11) is 1.54. The number of hydrogen-bond acceptors (Lipinski definition) is 7. The number of hydrogen-bond donors (Lipinski definition) is 0. The zero-order chi connectivity index (χ0) is 20.4. The van der Waals surface area contributed by atoms with Gasteiger partial charge in [-0.2, -0.15) is 0 Å². The largest absolute Gasteiger partial charge is 0.493 e. The molecular weight excluding hydrogens is 410 g/mol. The van der Waals surface area contributed by atoms with Crippen molar-refractivity contribution in [2.24, 2.45) is 0 Å². The summed E-state index contributed by atoms with van der Waals surface area (Å²) < 4.78 is 22.0. The number of amides is 1. The van der Waals surface area contributed by atoms with Gasteiger partial charge in [-0.3, -0.25) is 9.69 Å². The molecule has 1 saturated heterocycles. The first-order valence-electron chi connectivity index (χ1n) is 8.52. The Kier molecular flexibility index (Phi) is 5.34. The van der Waals surface area contributed by atoms with E-state index in [-0.39, 0.29) is 19.3 Å². The summed E-state index contributed by atoms with van der Waals surface area (Å²) in [4.78, 5) is 15.0. The van der Waals surface area contributed by atoms with E-state index in [1.807, 2.05) is 6.07 Å². The summed E-state index contributed by atoms with van der Waals surface area (Å²) >= 11 is 6.66. The molecule has 0 bridgehead atoms. The van der Waals surface area contributed by atoms with Gasteiger partial charge < -0.3 is 18.9 Å². The molecule has 0 atom stereocenters. The van der Waals surface area contributed by atoms with E-state index >= 15 is 0 Å². The van der Waals surface area contributed by atoms with E-state index in [9.17, 15) is 4.79 Å². The van der Waals surface area contributed by atoms with Crippen LogP contribution in [0.25, 0.3) is 6.08 Å². The van der Waals surface area contributed by atoms with Gasteiger partial charge in [-0.1, -0.05) is 36.0 Å². The van der Waals surface area contributed by atoms with Crippen molar-refractivity contribution in [3.63, 3.8) is 0 Å². The van der Waals surface area contributed by atoms with Gasteiger partial charge >= 0.3 is 0 Å². The van der Waals surface area contributed by atoms with Crippen molar-refractivity contribution in [1.29, 1.82) is 0 Å². The Balaban J connectivity index is 1.60. The number of methoxy groups -OCH3 is 1. The van der Waals surface area contributed by atoms with Crippen LogP contribution in [-0.2, 0) is 4.79 Å². The van der Waals surface area contributed by atoms with Crippen LogP contribution in [0.3, 0.4) is 0 Å². The molecule has 29 heavy (non-hydrogen) atoms. The van der Waals surface area contributed by atoms with Gasteiger partial charge in [0, 0.05) is 6.07 Å². The molecule has 0 radical (unpaired) electrons. The van der Waals surface area contributed by atoms with Crippen molar-refractivity contribution in [3.05, 3.63) is 46.9 Å². The van der Waals surface area contributed by atoms with Gasteiger partial charge in [-0.25, -0.2) is 0 Å². The number of carbonyl (C=O) groups is 1. The highest BCUT2D eigenvalue weighted by Gasteiger charge is 2.34. The molecule has 1 fully saturated rings. The standard InChI is InChI=1S/C21H15NO5S2/c1-3-8-25-15-6-4-13(9-17(15)24-2)10-19-20(23)22(21(28)29-19)14-5-7-16-18(11-14)27-12-26-16/h1,4-7,9-11H,8,12H2,2H3. The molecule has 2 aromatic carbocycles. The number of anilines is 1. The predicted molar refractivity (Wildman–Crippen MR) is 116 cm³/mol. The Morgan fingerprint density at radius 3 is 2.86 bits per heavy atom. The summed E-state index contributed by atoms with van der Waals surface area (Å²) in [6, 6.07) is 10.6. The number of fused-ring (bicyclic) bond motifs is 1. The van der Waals surface area contributed by atoms with E-state index < -0.39 is 0 Å². The third-order valence-corrected chi connectivity index (χ3v) is 5.51. The van der Waals surface area contributed by atoms with Crippen LogP contribution in [0.2, 0.25) is 0 Å². The average molecular weight is 425 g/mol. The molecule has 0 spiro atoms. The SMILES string of the molecule is C#CCOc1ccc(C=C2SC(=S)N(c3ccc4c(c3)OCO4)C2=O)cc1OC. The van der Waals surface area contributed by atoms with Crippen molar-refractivity contribution < 1.29 is 23.7 Å². The van der Waals surface area contributed by atoms with Crippen LogP contribution in [0.4, 0.5) is 5.69 Å². The minimum Gasteiger partial charge on any atom is -0.493 e. The summed E-state index contributed by atoms with van der Waals surface area (Å²) in [6.45, 7) is 0.309. The molecule has 6 nitrogen and oxygen atoms in total. The van der Waals surface area contributed by atoms with Crippen LogP contribution in [0.5, 0.6) is 23.0 Å². The molecule has 1 amide bonds. The fourth-order valence-electron chi connectivity index (χ4n) is 2.88. The van der Waals surface area contributed by atoms with E-state index in [2.05, 4.69) is 5.92 Å². The molecular formula is C21H15NO5S2. The Hall–Kier alpha value is -3.15. The first-order valence-corrected chi connectivity index (χ1v) is 9.75. The maximum absolute atomic E-state index is 13.0. The van der Waals surface area contributed by atoms with Crippen molar-refractivity contribution >= 4 is 46.0 Å². The molecule has 0 aromatic heterocycles. The monoisotopic (exact) mass is 425 g/mol. The number of carbonyl (C=O) groups excluding carboxylic acids is 1. The van der Waals surface area contributed by atoms with Crippen molar-refractivity contribution in [1.82, 2.24) is 0 Å². The van der Waals surface area contributed by atoms with E-state index in [1.54, 1.807) is 43.5 Å². The summed E-state index contributed by atoms with van der Waals surface area (Å²) in [5.74, 6) is 4.51. The molecule has 8 heteroatoms. The number of thioether (sulfide) groups is 1. The van der Waals surface area contributed by atoms with Crippen LogP contribution in [0.1, 0.15) is 5.56 Å². The molecule has 2 aliphatic heterocycles. The minimum absolute atomic E-state index is 0.143. The lowest BCUT2D eigenvalue weighted by atomic mass is 10.1. The van der Waals surface area contributed by atoms with Crippen LogP contribution < -0.4 is 23.8 Å². The second-order valence-electron chi connectivity index (χ2n) is 5.96. The summed E-state index contributed by atoms with van der Waals surface area (Å²) in [5.41, 5.74) is 1.41. The molecule has 0 unspecified atom stereocenters. The van der Waals surface area contributed by atoms with Gasteiger partial charge in [0.1, 0.15) is 6.61 Å². The first kappa shape index (κ1) is 19.2. The maximum Gasteiger partial charge on any atom is 0.270 e. The molecule has 2 heterocycles. The minimum atomic E-state index is -0.203. The number of benzene rings is 2. The van der Waals surface area contributed by atoms with Crippen LogP contribution in [0, 0.1) is 12.3 Å². The number of nitrogens with zero attached hydrogens (tertiary/aromatic N) is 1. The van der Waals surface area contributed by atoms with Gasteiger partial charge in [-0.05, 0) is 35.9 Å². The maximum atomic E-state index is 13.0. The smallest absolute Gasteiger partial charge is 0.270 e. The fraction of sp³-hybridized carbons (Fsp3) is 0.143. The van der Waals surface area contributed by atoms with Crippen molar-refractivity contribution in [2.45, 2.75) is 0 Å². The highest BCUT2D eigenvalue weighted by Crippen LogP contribution is 2.41. The third-order valence-electron chi connectivity index (χ3n) is 4.20. The lowest BCUT2D eigenvalue weighted by Crippen LogP contribution is -2.27. The van der Waals surface area contributed by atoms with Crippen LogP contribution >= 0.6 is 24.0 Å². The third kappa shape index (κ3) is 3.75. The Bertz CT molecular complexity index is 1070. The number of ether oxygens (including phenoxy) is 4. The summed E-state index contributed by atoms with van der Waals surface area (Å²) in [5, 5.41) is 0. The molecule has 2 aromatic rings. The predicted octanol–water partition coefficient (Wildman–Crippen LogP) is 3.84. The van der Waals surface area contributed by atoms with E-state index in [0.717, 1.165) is 5.56 Å². The normalized spacial score (nSPS) is 16.3. The fourth-order valence-corrected chi connectivity index (χ4v) is 4.18. The van der Waals surface area contributed by atoms with Crippen LogP contribution in [-0.4, -0.2) is 30.7 Å². The van der Waals surface area contributed by atoms with Gasteiger partial charge in [0.25, 0.3) is 5.91 Å². The zero-order valence-corrected chi connectivity index (χ0v) is 17.0. The lowest BCUT2D eigenvalue weighted by molar-refractivity contribution is -0.113. The second kappa shape index (κ2) is 8.07. The van der Waals surface area contributed by atoms with Gasteiger partial charge in [0.05, 0.1) is 17.7 Å². The molecule has 0 saturated carbocycles. The second-order valence-corrected chi connectivity index (χ2v) is 7.63. The highest BCUT2D eigenvalue weighted by atomic mass is 32.2. The van der Waals surface area contributed by atoms with Crippen LogP contribution in [0.15, 0.2) is 41.3 Å². The number of rotatable bonds is 5. The Morgan fingerprint density at radius 1 is 1.24 bits per heavy atom. The molecule has 0 aliphatic carbocycles. The highest BCUT2D eigenvalue weighted by molar-refractivity contribution is 8.27. The molecule has 4 rings (SSSR count). The van der Waals surface area contributed by atoms with Crippen molar-refractivity contribution in [2.75, 3.05) is 25.4 Å². The van der Waals surface area contributed by atoms with Gasteiger partial charge in [0.15, 0.2) is 27.3 Å². The van der Waals surface area contributed by atoms with Gasteiger partial charge in [0.2, 0.25) is 6.79 Å². The quantitative estimate of drug-likeness (QED) is 0.410. The van der Waals surface area contributed by atoms with E-state index in [0.29, 0.717) is 37.9 Å². The molecule has 2 aliphatic rings. The number of terminal acetylenes is 1.